The molecule has 0 N–H and O–H groups in total. The van der Waals surface area contributed by atoms with Crippen LogP contribution < -0.4 is 0 Å². The molecule has 3 aromatic rings. The van der Waals surface area contributed by atoms with Crippen LogP contribution in [0.4, 0.5) is 0 Å². The number of nitrogens with zero attached hydrogens (tertiary/aromatic N) is 3. The second-order valence-electron chi connectivity index (χ2n) is 6.04. The monoisotopic (exact) mass is 455 g/mol. The highest BCUT2D eigenvalue weighted by Crippen LogP contribution is 2.30. The largest absolute Gasteiger partial charge is 0.385 e. The maximum absolute atomic E-state index is 6.40. The van der Waals surface area contributed by atoms with Crippen LogP contribution >= 0.6 is 46.4 Å². The van der Waals surface area contributed by atoms with E-state index in [1.54, 1.807) is 36.8 Å². The van der Waals surface area contributed by atoms with Gasteiger partial charge in [0.25, 0.3) is 0 Å². The van der Waals surface area contributed by atoms with Gasteiger partial charge < -0.3 is 9.40 Å². The fourth-order valence-electron chi connectivity index (χ4n) is 2.69. The van der Waals surface area contributed by atoms with Crippen LogP contribution in [0.1, 0.15) is 30.6 Å². The van der Waals surface area contributed by atoms with Crippen molar-refractivity contribution in [2.24, 2.45) is 5.16 Å². The van der Waals surface area contributed by atoms with Gasteiger partial charge in [-0.2, -0.15) is 0 Å². The van der Waals surface area contributed by atoms with Crippen LogP contribution in [-0.4, -0.2) is 15.3 Å². The third kappa shape index (κ3) is 5.21. The molecule has 0 bridgehead atoms. The average Bonchev–Trinajstić information content (AvgIpc) is 3.16. The van der Waals surface area contributed by atoms with Crippen molar-refractivity contribution in [3.8, 4) is 0 Å². The van der Waals surface area contributed by atoms with E-state index in [1.165, 1.54) is 0 Å². The molecule has 0 aliphatic heterocycles. The van der Waals surface area contributed by atoms with Crippen molar-refractivity contribution in [3.63, 3.8) is 0 Å². The Morgan fingerprint density at radius 3 is 2.39 bits per heavy atom. The first-order valence-corrected chi connectivity index (χ1v) is 10.1. The van der Waals surface area contributed by atoms with Crippen molar-refractivity contribution >= 4 is 52.1 Å². The predicted molar refractivity (Wildman–Crippen MR) is 116 cm³/mol. The molecule has 0 saturated heterocycles. The lowest BCUT2D eigenvalue weighted by atomic mass is 10.1. The van der Waals surface area contributed by atoms with Gasteiger partial charge in [0.1, 0.15) is 0 Å². The molecule has 8 heteroatoms. The fourth-order valence-corrected chi connectivity index (χ4v) is 3.74. The van der Waals surface area contributed by atoms with E-state index < -0.39 is 6.10 Å². The Morgan fingerprint density at radius 2 is 1.79 bits per heavy atom. The molecule has 0 spiro atoms. The van der Waals surface area contributed by atoms with Crippen molar-refractivity contribution in [2.45, 2.75) is 26.0 Å². The van der Waals surface area contributed by atoms with Crippen LogP contribution in [0.3, 0.4) is 0 Å². The molecule has 0 radical (unpaired) electrons. The third-order valence-corrected chi connectivity index (χ3v) is 5.22. The third-order valence-electron chi connectivity index (χ3n) is 4.11. The summed E-state index contributed by atoms with van der Waals surface area (Å²) in [6.45, 7) is 2.46. The maximum atomic E-state index is 6.40. The number of imidazole rings is 1. The SMILES string of the molecule is CC/C(=N/OC(Cn1ccnc1)c1ccc(Cl)cc1Cl)c1ccc(Cl)cc1Cl. The Labute approximate surface area is 183 Å². The summed E-state index contributed by atoms with van der Waals surface area (Å²) in [6, 6.07) is 10.6. The van der Waals surface area contributed by atoms with Crippen LogP contribution in [-0.2, 0) is 11.4 Å². The van der Waals surface area contributed by atoms with Crippen LogP contribution in [0, 0.1) is 0 Å². The molecule has 2 aromatic carbocycles. The zero-order valence-corrected chi connectivity index (χ0v) is 18.0. The molecule has 0 aliphatic carbocycles. The first-order valence-electron chi connectivity index (χ1n) is 8.56. The molecule has 0 saturated carbocycles. The van der Waals surface area contributed by atoms with E-state index in [9.17, 15) is 0 Å². The fraction of sp³-hybridized carbons (Fsp3) is 0.200. The molecule has 1 atom stereocenters. The molecule has 0 amide bonds. The van der Waals surface area contributed by atoms with Gasteiger partial charge in [0.05, 0.1) is 23.6 Å². The minimum absolute atomic E-state index is 0.438. The van der Waals surface area contributed by atoms with Crippen molar-refractivity contribution in [2.75, 3.05) is 0 Å². The van der Waals surface area contributed by atoms with E-state index in [0.29, 0.717) is 38.8 Å². The minimum atomic E-state index is -0.438. The number of hydrogen-bond acceptors (Lipinski definition) is 3. The quantitative estimate of drug-likeness (QED) is 0.281. The second-order valence-corrected chi connectivity index (χ2v) is 7.72. The Balaban J connectivity index is 1.92. The molecule has 1 heterocycles. The summed E-state index contributed by atoms with van der Waals surface area (Å²) >= 11 is 24.7. The van der Waals surface area contributed by atoms with E-state index in [1.807, 2.05) is 29.8 Å². The summed E-state index contributed by atoms with van der Waals surface area (Å²) < 4.78 is 1.89. The summed E-state index contributed by atoms with van der Waals surface area (Å²) in [5.74, 6) is 0. The van der Waals surface area contributed by atoms with Crippen LogP contribution in [0.2, 0.25) is 20.1 Å². The first-order chi connectivity index (χ1) is 13.5. The summed E-state index contributed by atoms with van der Waals surface area (Å²) in [4.78, 5) is 10.0. The lowest BCUT2D eigenvalue weighted by Crippen LogP contribution is -2.12. The highest BCUT2D eigenvalue weighted by Gasteiger charge is 2.19. The zero-order valence-electron chi connectivity index (χ0n) is 14.9. The van der Waals surface area contributed by atoms with Gasteiger partial charge in [0.2, 0.25) is 0 Å². The molecular formula is C20H17Cl4N3O. The highest BCUT2D eigenvalue weighted by atomic mass is 35.5. The van der Waals surface area contributed by atoms with Gasteiger partial charge in [-0.05, 0) is 30.7 Å². The van der Waals surface area contributed by atoms with Crippen LogP contribution in [0.25, 0.3) is 0 Å². The molecule has 4 nitrogen and oxygen atoms in total. The van der Waals surface area contributed by atoms with E-state index in [0.717, 1.165) is 11.1 Å². The van der Waals surface area contributed by atoms with E-state index >= 15 is 0 Å². The van der Waals surface area contributed by atoms with Crippen molar-refractivity contribution < 1.29 is 4.84 Å². The van der Waals surface area contributed by atoms with Gasteiger partial charge in [-0.1, -0.05) is 70.6 Å². The van der Waals surface area contributed by atoms with Crippen molar-refractivity contribution in [3.05, 3.63) is 86.3 Å². The summed E-state index contributed by atoms with van der Waals surface area (Å²) in [7, 11) is 0. The maximum Gasteiger partial charge on any atom is 0.171 e. The van der Waals surface area contributed by atoms with Gasteiger partial charge in [-0.25, -0.2) is 4.98 Å². The number of halogens is 4. The zero-order chi connectivity index (χ0) is 20.1. The second kappa shape index (κ2) is 9.66. The Morgan fingerprint density at radius 1 is 1.07 bits per heavy atom. The summed E-state index contributed by atoms with van der Waals surface area (Å²) in [6.07, 6.45) is 5.45. The van der Waals surface area contributed by atoms with Gasteiger partial charge >= 0.3 is 0 Å². The van der Waals surface area contributed by atoms with Gasteiger partial charge in [-0.3, -0.25) is 0 Å². The van der Waals surface area contributed by atoms with Gasteiger partial charge in [-0.15, -0.1) is 0 Å². The number of oxime groups is 1. The Hall–Kier alpha value is -1.72. The van der Waals surface area contributed by atoms with E-state index in [4.69, 9.17) is 51.2 Å². The predicted octanol–water partition coefficient (Wildman–Crippen LogP) is 7.07. The van der Waals surface area contributed by atoms with Crippen LogP contribution in [0.5, 0.6) is 0 Å². The van der Waals surface area contributed by atoms with E-state index in [2.05, 4.69) is 10.1 Å². The number of rotatable bonds is 7. The smallest absolute Gasteiger partial charge is 0.171 e. The standard InChI is InChI=1S/C20H17Cl4N3O/c1-2-19(15-5-3-13(21)9-17(15)23)26-28-20(11-27-8-7-25-12-27)16-6-4-14(22)10-18(16)24/h3-10,12,20H,2,11H2,1H3/b26-19-. The summed E-state index contributed by atoms with van der Waals surface area (Å²) in [5.41, 5.74) is 2.26. The summed E-state index contributed by atoms with van der Waals surface area (Å²) in [5, 5.41) is 6.54. The average molecular weight is 457 g/mol. The van der Waals surface area contributed by atoms with Crippen molar-refractivity contribution in [1.82, 2.24) is 9.55 Å². The van der Waals surface area contributed by atoms with Gasteiger partial charge in [0, 0.05) is 38.6 Å². The molecule has 0 fully saturated rings. The minimum Gasteiger partial charge on any atom is -0.385 e. The number of benzene rings is 2. The molecule has 1 aromatic heterocycles. The molecule has 1 unspecified atom stereocenters. The Bertz CT molecular complexity index is 974. The lowest BCUT2D eigenvalue weighted by molar-refractivity contribution is 0.0455. The van der Waals surface area contributed by atoms with Gasteiger partial charge in [0.15, 0.2) is 6.10 Å². The Kier molecular flexibility index (Phi) is 7.24. The molecule has 146 valence electrons. The normalized spacial score (nSPS) is 12.8. The number of hydrogen-bond donors (Lipinski definition) is 0. The molecule has 0 aliphatic rings. The topological polar surface area (TPSA) is 39.4 Å². The molecule has 28 heavy (non-hydrogen) atoms. The molecular weight excluding hydrogens is 440 g/mol. The van der Waals surface area contributed by atoms with Crippen LogP contribution in [0.15, 0.2) is 60.3 Å². The molecule has 3 rings (SSSR count). The number of aromatic nitrogens is 2. The lowest BCUT2D eigenvalue weighted by Gasteiger charge is -2.18. The first kappa shape index (κ1) is 21.0. The van der Waals surface area contributed by atoms with Crippen molar-refractivity contribution in [1.29, 1.82) is 0 Å². The highest BCUT2D eigenvalue weighted by molar-refractivity contribution is 6.37. The van der Waals surface area contributed by atoms with E-state index in [-0.39, 0.29) is 0 Å².